The number of carbonyl (C=O) groups is 1. The Balaban J connectivity index is 1.91. The summed E-state index contributed by atoms with van der Waals surface area (Å²) in [6.07, 6.45) is 0.815. The third-order valence-electron chi connectivity index (χ3n) is 3.92. The van der Waals surface area contributed by atoms with Crippen LogP contribution in [0.5, 0.6) is 0 Å². The normalized spacial score (nSPS) is 16.2. The fraction of sp³-hybridized carbons (Fsp3) is 0.235. The van der Waals surface area contributed by atoms with Crippen LogP contribution in [-0.2, 0) is 17.8 Å². The van der Waals surface area contributed by atoms with Crippen LogP contribution in [0.4, 0.5) is 4.39 Å². The van der Waals surface area contributed by atoms with Crippen LogP contribution in [0.25, 0.3) is 0 Å². The molecular weight excluding hydrogens is 269 g/mol. The Labute approximate surface area is 122 Å². The molecule has 1 aliphatic rings. The summed E-state index contributed by atoms with van der Waals surface area (Å²) in [6, 6.07) is 13.1. The van der Waals surface area contributed by atoms with Crippen molar-refractivity contribution in [1.82, 2.24) is 4.90 Å². The van der Waals surface area contributed by atoms with Crippen LogP contribution in [0.1, 0.15) is 22.7 Å². The van der Waals surface area contributed by atoms with E-state index in [4.69, 9.17) is 0 Å². The molecule has 2 aromatic rings. The minimum Gasteiger partial charge on any atom is -0.480 e. The van der Waals surface area contributed by atoms with E-state index in [1.165, 1.54) is 17.7 Å². The molecule has 2 aromatic carbocycles. The molecule has 3 rings (SSSR count). The van der Waals surface area contributed by atoms with Crippen molar-refractivity contribution in [3.8, 4) is 0 Å². The van der Waals surface area contributed by atoms with E-state index in [2.05, 4.69) is 6.07 Å². The van der Waals surface area contributed by atoms with Crippen LogP contribution in [0.3, 0.4) is 0 Å². The van der Waals surface area contributed by atoms with E-state index >= 15 is 0 Å². The molecule has 21 heavy (non-hydrogen) atoms. The first-order chi connectivity index (χ1) is 10.1. The number of aliphatic carboxylic acids is 1. The monoisotopic (exact) mass is 285 g/mol. The third-order valence-corrected chi connectivity index (χ3v) is 3.92. The molecule has 0 bridgehead atoms. The van der Waals surface area contributed by atoms with Crippen molar-refractivity contribution in [3.05, 3.63) is 71.0 Å². The maximum atomic E-state index is 13.4. The zero-order valence-corrected chi connectivity index (χ0v) is 11.5. The minimum atomic E-state index is -0.944. The van der Waals surface area contributed by atoms with E-state index in [9.17, 15) is 14.3 Å². The largest absolute Gasteiger partial charge is 0.480 e. The van der Waals surface area contributed by atoms with Crippen molar-refractivity contribution in [1.29, 1.82) is 0 Å². The molecule has 0 radical (unpaired) electrons. The van der Waals surface area contributed by atoms with E-state index < -0.39 is 17.8 Å². The molecule has 1 atom stereocenters. The summed E-state index contributed by atoms with van der Waals surface area (Å²) in [5, 5.41) is 9.55. The summed E-state index contributed by atoms with van der Waals surface area (Å²) >= 11 is 0. The number of carboxylic acid groups (broad SMARTS) is 1. The van der Waals surface area contributed by atoms with E-state index in [0.717, 1.165) is 12.0 Å². The summed E-state index contributed by atoms with van der Waals surface area (Å²) in [4.78, 5) is 13.5. The van der Waals surface area contributed by atoms with E-state index in [1.54, 1.807) is 12.1 Å². The average Bonchev–Trinajstić information content (AvgIpc) is 2.47. The maximum absolute atomic E-state index is 13.4. The van der Waals surface area contributed by atoms with Crippen LogP contribution in [0.15, 0.2) is 48.5 Å². The van der Waals surface area contributed by atoms with Crippen molar-refractivity contribution >= 4 is 5.97 Å². The quantitative estimate of drug-likeness (QED) is 0.942. The Morgan fingerprint density at radius 1 is 1.14 bits per heavy atom. The van der Waals surface area contributed by atoms with Gasteiger partial charge in [-0.3, -0.25) is 9.69 Å². The fourth-order valence-corrected chi connectivity index (χ4v) is 2.92. The van der Waals surface area contributed by atoms with Gasteiger partial charge in [0.2, 0.25) is 0 Å². The molecule has 3 nitrogen and oxygen atoms in total. The van der Waals surface area contributed by atoms with Gasteiger partial charge in [-0.05, 0) is 35.2 Å². The number of hydrogen-bond acceptors (Lipinski definition) is 2. The van der Waals surface area contributed by atoms with Gasteiger partial charge >= 0.3 is 5.97 Å². The van der Waals surface area contributed by atoms with Gasteiger partial charge in [-0.2, -0.15) is 0 Å². The number of carboxylic acids is 1. The molecule has 0 aliphatic carbocycles. The van der Waals surface area contributed by atoms with Crippen LogP contribution in [-0.4, -0.2) is 22.5 Å². The molecule has 0 aromatic heterocycles. The lowest BCUT2D eigenvalue weighted by atomic mass is 9.96. The van der Waals surface area contributed by atoms with Gasteiger partial charge in [0, 0.05) is 13.1 Å². The van der Waals surface area contributed by atoms with Crippen LogP contribution in [0.2, 0.25) is 0 Å². The molecule has 0 saturated carbocycles. The predicted octanol–water partition coefficient (Wildman–Crippen LogP) is 3.01. The van der Waals surface area contributed by atoms with Gasteiger partial charge in [-0.25, -0.2) is 4.39 Å². The van der Waals surface area contributed by atoms with Crippen LogP contribution in [0, 0.1) is 5.82 Å². The summed E-state index contributed by atoms with van der Waals surface area (Å²) in [7, 11) is 0. The Hall–Kier alpha value is -2.20. The van der Waals surface area contributed by atoms with Gasteiger partial charge in [0.1, 0.15) is 11.9 Å². The second kappa shape index (κ2) is 5.66. The maximum Gasteiger partial charge on any atom is 0.325 e. The Morgan fingerprint density at radius 2 is 1.90 bits per heavy atom. The third kappa shape index (κ3) is 2.81. The topological polar surface area (TPSA) is 40.5 Å². The zero-order valence-electron chi connectivity index (χ0n) is 11.5. The van der Waals surface area contributed by atoms with E-state index in [1.807, 2.05) is 23.1 Å². The molecule has 1 unspecified atom stereocenters. The van der Waals surface area contributed by atoms with Gasteiger partial charge in [-0.15, -0.1) is 0 Å². The average molecular weight is 285 g/mol. The molecule has 0 fully saturated rings. The zero-order chi connectivity index (χ0) is 14.8. The van der Waals surface area contributed by atoms with Gasteiger partial charge in [0.15, 0.2) is 0 Å². The smallest absolute Gasteiger partial charge is 0.325 e. The molecule has 0 spiro atoms. The van der Waals surface area contributed by atoms with Crippen molar-refractivity contribution in [2.24, 2.45) is 0 Å². The van der Waals surface area contributed by atoms with E-state index in [0.29, 0.717) is 18.7 Å². The molecule has 1 heterocycles. The lowest BCUT2D eigenvalue weighted by molar-refractivity contribution is -0.144. The Bertz CT molecular complexity index is 671. The first kappa shape index (κ1) is 13.8. The van der Waals surface area contributed by atoms with Crippen molar-refractivity contribution in [3.63, 3.8) is 0 Å². The first-order valence-electron chi connectivity index (χ1n) is 6.94. The van der Waals surface area contributed by atoms with Crippen molar-refractivity contribution in [2.45, 2.75) is 19.0 Å². The fourth-order valence-electron chi connectivity index (χ4n) is 2.92. The lowest BCUT2D eigenvalue weighted by Gasteiger charge is -2.33. The van der Waals surface area contributed by atoms with Crippen molar-refractivity contribution < 1.29 is 14.3 Å². The second-order valence-corrected chi connectivity index (χ2v) is 5.28. The summed E-state index contributed by atoms with van der Waals surface area (Å²) in [5.74, 6) is -1.35. The Morgan fingerprint density at radius 3 is 2.62 bits per heavy atom. The summed E-state index contributed by atoms with van der Waals surface area (Å²) in [6.45, 7) is 1.23. The van der Waals surface area contributed by atoms with Gasteiger partial charge in [-0.1, -0.05) is 36.4 Å². The highest BCUT2D eigenvalue weighted by Gasteiger charge is 2.30. The number of benzene rings is 2. The molecule has 0 amide bonds. The minimum absolute atomic E-state index is 0.406. The van der Waals surface area contributed by atoms with Crippen LogP contribution >= 0.6 is 0 Å². The second-order valence-electron chi connectivity index (χ2n) is 5.28. The Kier molecular flexibility index (Phi) is 3.71. The SMILES string of the molecule is O=C(O)C(c1cccc(F)c1)N1CCc2ccccc2C1. The lowest BCUT2D eigenvalue weighted by Crippen LogP contribution is -2.38. The number of hydrogen-bond donors (Lipinski definition) is 1. The molecule has 4 heteroatoms. The van der Waals surface area contributed by atoms with E-state index in [-0.39, 0.29) is 0 Å². The number of nitrogens with zero attached hydrogens (tertiary/aromatic N) is 1. The standard InChI is InChI=1S/C17H16FNO2/c18-15-7-3-6-13(10-15)16(17(20)21)19-9-8-12-4-1-2-5-14(12)11-19/h1-7,10,16H,8-9,11H2,(H,20,21). The summed E-state index contributed by atoms with van der Waals surface area (Å²) in [5.41, 5.74) is 2.89. The van der Waals surface area contributed by atoms with Crippen molar-refractivity contribution in [2.75, 3.05) is 6.54 Å². The highest BCUT2D eigenvalue weighted by Crippen LogP contribution is 2.28. The molecule has 108 valence electrons. The molecular formula is C17H16FNO2. The molecule has 1 N–H and O–H groups in total. The molecule has 0 saturated heterocycles. The number of fused-ring (bicyclic) bond motifs is 1. The highest BCUT2D eigenvalue weighted by molar-refractivity contribution is 5.75. The van der Waals surface area contributed by atoms with Gasteiger partial charge in [0.25, 0.3) is 0 Å². The van der Waals surface area contributed by atoms with Crippen LogP contribution < -0.4 is 0 Å². The first-order valence-corrected chi connectivity index (χ1v) is 6.94. The van der Waals surface area contributed by atoms with Gasteiger partial charge < -0.3 is 5.11 Å². The highest BCUT2D eigenvalue weighted by atomic mass is 19.1. The molecule has 1 aliphatic heterocycles. The number of rotatable bonds is 3. The summed E-state index contributed by atoms with van der Waals surface area (Å²) < 4.78 is 13.4. The number of halogens is 1. The predicted molar refractivity (Wildman–Crippen MR) is 77.3 cm³/mol. The van der Waals surface area contributed by atoms with Gasteiger partial charge in [0.05, 0.1) is 0 Å².